The van der Waals surface area contributed by atoms with Gasteiger partial charge in [-0.1, -0.05) is 12.1 Å². The average Bonchev–Trinajstić information content (AvgIpc) is 3.45. The van der Waals surface area contributed by atoms with Crippen molar-refractivity contribution in [3.05, 3.63) is 82.7 Å². The van der Waals surface area contributed by atoms with Gasteiger partial charge in [-0.2, -0.15) is 5.10 Å². The Morgan fingerprint density at radius 2 is 1.87 bits per heavy atom. The van der Waals surface area contributed by atoms with Crippen molar-refractivity contribution in [3.63, 3.8) is 0 Å². The highest BCUT2D eigenvalue weighted by atomic mass is 19.1. The van der Waals surface area contributed by atoms with Gasteiger partial charge in [0.2, 0.25) is 0 Å². The fourth-order valence-electron chi connectivity index (χ4n) is 4.79. The molecule has 0 saturated carbocycles. The molecule has 0 bridgehead atoms. The third kappa shape index (κ3) is 3.40. The minimum absolute atomic E-state index is 0.0482. The summed E-state index contributed by atoms with van der Waals surface area (Å²) in [6.45, 7) is 0.691. The molecule has 1 unspecified atom stereocenters. The molecule has 1 atom stereocenters. The third-order valence-electron chi connectivity index (χ3n) is 6.20. The fraction of sp³-hybridized carbons (Fsp3) is 0.333. The number of nitrogens with zero attached hydrogens (tertiary/aromatic N) is 3. The van der Waals surface area contributed by atoms with Crippen LogP contribution in [0.1, 0.15) is 46.6 Å². The number of fused-ring (bicyclic) bond motifs is 1. The SMILES string of the molecule is O=C(c1nn(-c2ccc(F)cc2)c2c1CCC2)N1CCCC1Cc1cccc(F)c1. The molecule has 1 fully saturated rings. The number of carbonyl (C=O) groups excluding carboxylic acids is 1. The van der Waals surface area contributed by atoms with Crippen molar-refractivity contribution in [3.8, 4) is 5.69 Å². The summed E-state index contributed by atoms with van der Waals surface area (Å²) >= 11 is 0. The van der Waals surface area contributed by atoms with Gasteiger partial charge in [-0.3, -0.25) is 4.79 Å². The van der Waals surface area contributed by atoms with Crippen LogP contribution in [-0.2, 0) is 19.3 Å². The van der Waals surface area contributed by atoms with E-state index in [0.717, 1.165) is 54.6 Å². The second-order valence-corrected chi connectivity index (χ2v) is 8.14. The van der Waals surface area contributed by atoms with Crippen molar-refractivity contribution < 1.29 is 13.6 Å². The summed E-state index contributed by atoms with van der Waals surface area (Å²) in [7, 11) is 0. The highest BCUT2D eigenvalue weighted by Crippen LogP contribution is 2.31. The largest absolute Gasteiger partial charge is 0.334 e. The number of halogens is 2. The number of likely N-dealkylation sites (tertiary alicyclic amines) is 1. The van der Waals surface area contributed by atoms with Gasteiger partial charge in [0.25, 0.3) is 5.91 Å². The van der Waals surface area contributed by atoms with Crippen LogP contribution in [0, 0.1) is 11.6 Å². The summed E-state index contributed by atoms with van der Waals surface area (Å²) in [5.74, 6) is -0.594. The Kier molecular flexibility index (Phi) is 4.85. The van der Waals surface area contributed by atoms with E-state index in [4.69, 9.17) is 0 Å². The number of carbonyl (C=O) groups is 1. The first-order valence-electron chi connectivity index (χ1n) is 10.5. The molecule has 30 heavy (non-hydrogen) atoms. The van der Waals surface area contributed by atoms with Crippen LogP contribution in [0.2, 0.25) is 0 Å². The zero-order chi connectivity index (χ0) is 20.7. The molecule has 2 aromatic carbocycles. The molecule has 4 nitrogen and oxygen atoms in total. The minimum atomic E-state index is -0.295. The van der Waals surface area contributed by atoms with Gasteiger partial charge in [-0.25, -0.2) is 13.5 Å². The molecular weight excluding hydrogens is 384 g/mol. The van der Waals surface area contributed by atoms with Crippen molar-refractivity contribution in [1.82, 2.24) is 14.7 Å². The van der Waals surface area contributed by atoms with Gasteiger partial charge in [0.15, 0.2) is 5.69 Å². The summed E-state index contributed by atoms with van der Waals surface area (Å²) in [5, 5.41) is 4.67. The van der Waals surface area contributed by atoms with Crippen LogP contribution in [-0.4, -0.2) is 33.2 Å². The molecule has 2 heterocycles. The maximum absolute atomic E-state index is 13.6. The lowest BCUT2D eigenvalue weighted by atomic mass is 10.0. The number of benzene rings is 2. The molecule has 0 N–H and O–H groups in total. The topological polar surface area (TPSA) is 38.1 Å². The molecule has 3 aromatic rings. The average molecular weight is 407 g/mol. The summed E-state index contributed by atoms with van der Waals surface area (Å²) in [6.07, 6.45) is 5.17. The number of amides is 1. The first-order chi connectivity index (χ1) is 14.6. The molecule has 1 aliphatic heterocycles. The van der Waals surface area contributed by atoms with E-state index in [-0.39, 0.29) is 23.6 Å². The summed E-state index contributed by atoms with van der Waals surface area (Å²) in [4.78, 5) is 15.4. The first kappa shape index (κ1) is 19.0. The van der Waals surface area contributed by atoms with Gasteiger partial charge in [-0.05, 0) is 80.5 Å². The van der Waals surface area contributed by atoms with E-state index >= 15 is 0 Å². The number of hydrogen-bond donors (Lipinski definition) is 0. The number of rotatable bonds is 4. The van der Waals surface area contributed by atoms with Crippen molar-refractivity contribution in [2.24, 2.45) is 0 Å². The van der Waals surface area contributed by atoms with Gasteiger partial charge in [0.1, 0.15) is 11.6 Å². The van der Waals surface area contributed by atoms with Crippen LogP contribution < -0.4 is 0 Å². The van der Waals surface area contributed by atoms with E-state index in [1.165, 1.54) is 18.2 Å². The van der Waals surface area contributed by atoms with E-state index in [2.05, 4.69) is 5.10 Å². The Labute approximate surface area is 174 Å². The normalized spacial score (nSPS) is 18.1. The van der Waals surface area contributed by atoms with Crippen LogP contribution in [0.15, 0.2) is 48.5 Å². The van der Waals surface area contributed by atoms with E-state index in [9.17, 15) is 13.6 Å². The Bertz CT molecular complexity index is 1090. The molecule has 2 aliphatic rings. The van der Waals surface area contributed by atoms with Crippen LogP contribution in [0.3, 0.4) is 0 Å². The Hall–Kier alpha value is -3.02. The van der Waals surface area contributed by atoms with Gasteiger partial charge in [0, 0.05) is 23.8 Å². The highest BCUT2D eigenvalue weighted by molar-refractivity contribution is 5.94. The van der Waals surface area contributed by atoms with Crippen LogP contribution in [0.5, 0.6) is 0 Å². The second-order valence-electron chi connectivity index (χ2n) is 8.14. The summed E-state index contributed by atoms with van der Waals surface area (Å²) < 4.78 is 28.7. The predicted molar refractivity (Wildman–Crippen MR) is 110 cm³/mol. The fourth-order valence-corrected chi connectivity index (χ4v) is 4.79. The van der Waals surface area contributed by atoms with Crippen molar-refractivity contribution in [1.29, 1.82) is 0 Å². The quantitative estimate of drug-likeness (QED) is 0.639. The van der Waals surface area contributed by atoms with Crippen LogP contribution >= 0.6 is 0 Å². The monoisotopic (exact) mass is 407 g/mol. The van der Waals surface area contributed by atoms with E-state index < -0.39 is 0 Å². The number of hydrogen-bond acceptors (Lipinski definition) is 2. The van der Waals surface area contributed by atoms with Gasteiger partial charge in [-0.15, -0.1) is 0 Å². The molecular formula is C24H23F2N3O. The van der Waals surface area contributed by atoms with Crippen LogP contribution in [0.25, 0.3) is 5.69 Å². The van der Waals surface area contributed by atoms with E-state index in [1.54, 1.807) is 28.9 Å². The van der Waals surface area contributed by atoms with Crippen molar-refractivity contribution >= 4 is 5.91 Å². The second kappa shape index (κ2) is 7.67. The molecule has 0 spiro atoms. The Morgan fingerprint density at radius 1 is 1.03 bits per heavy atom. The maximum atomic E-state index is 13.6. The van der Waals surface area contributed by atoms with Gasteiger partial charge in [0.05, 0.1) is 5.69 Å². The molecule has 1 saturated heterocycles. The zero-order valence-electron chi connectivity index (χ0n) is 16.7. The van der Waals surface area contributed by atoms with Gasteiger partial charge >= 0.3 is 0 Å². The molecule has 6 heteroatoms. The Balaban J connectivity index is 1.44. The standard InChI is InChI=1S/C24H23F2N3O/c25-17-9-11-19(12-10-17)29-22-8-2-7-21(22)23(27-29)24(30)28-13-3-6-20(28)15-16-4-1-5-18(26)14-16/h1,4-5,9-12,14,20H,2-3,6-8,13,15H2. The molecule has 1 amide bonds. The lowest BCUT2D eigenvalue weighted by Crippen LogP contribution is -2.37. The minimum Gasteiger partial charge on any atom is -0.334 e. The van der Waals surface area contributed by atoms with Gasteiger partial charge < -0.3 is 4.90 Å². The molecule has 0 radical (unpaired) electrons. The Morgan fingerprint density at radius 3 is 2.67 bits per heavy atom. The van der Waals surface area contributed by atoms with Crippen LogP contribution in [0.4, 0.5) is 8.78 Å². The number of aromatic nitrogens is 2. The van der Waals surface area contributed by atoms with E-state index in [0.29, 0.717) is 18.7 Å². The third-order valence-corrected chi connectivity index (χ3v) is 6.20. The lowest BCUT2D eigenvalue weighted by molar-refractivity contribution is 0.0729. The first-order valence-corrected chi connectivity index (χ1v) is 10.5. The lowest BCUT2D eigenvalue weighted by Gasteiger charge is -2.24. The van der Waals surface area contributed by atoms with E-state index in [1.807, 2.05) is 11.0 Å². The molecule has 154 valence electrons. The van der Waals surface area contributed by atoms with Crippen molar-refractivity contribution in [2.75, 3.05) is 6.54 Å². The zero-order valence-corrected chi connectivity index (χ0v) is 16.7. The van der Waals surface area contributed by atoms with Crippen molar-refractivity contribution in [2.45, 2.75) is 44.6 Å². The maximum Gasteiger partial charge on any atom is 0.274 e. The molecule has 5 rings (SSSR count). The molecule has 1 aliphatic carbocycles. The highest BCUT2D eigenvalue weighted by Gasteiger charge is 2.34. The molecule has 1 aromatic heterocycles. The summed E-state index contributed by atoms with van der Waals surface area (Å²) in [6, 6.07) is 12.9. The summed E-state index contributed by atoms with van der Waals surface area (Å²) in [5.41, 5.74) is 4.25. The predicted octanol–water partition coefficient (Wildman–Crippen LogP) is 4.49. The smallest absolute Gasteiger partial charge is 0.274 e.